The zero-order chi connectivity index (χ0) is 5.70. The molecule has 2 nitrogen and oxygen atoms in total. The largest absolute Gasteiger partial charge is 0.376 e. The van der Waals surface area contributed by atoms with Gasteiger partial charge < -0.3 is 11.1 Å². The number of hydrogen-bond acceptors (Lipinski definition) is 2. The summed E-state index contributed by atoms with van der Waals surface area (Å²) in [5.74, 6) is 0. The lowest BCUT2D eigenvalue weighted by atomic mass is 10.9. The van der Waals surface area contributed by atoms with Crippen LogP contribution in [0.5, 0.6) is 0 Å². The van der Waals surface area contributed by atoms with Gasteiger partial charge in [0.2, 0.25) is 0 Å². The molecule has 0 fully saturated rings. The molecule has 0 amide bonds. The Balaban J connectivity index is 3.14. The molecule has 0 radical (unpaired) electrons. The van der Waals surface area contributed by atoms with E-state index in [9.17, 15) is 0 Å². The van der Waals surface area contributed by atoms with Crippen molar-refractivity contribution in [3.63, 3.8) is 0 Å². The maximum absolute atomic E-state index is 5.01. The van der Waals surface area contributed by atoms with Gasteiger partial charge in [-0.3, -0.25) is 0 Å². The summed E-state index contributed by atoms with van der Waals surface area (Å²) >= 11 is 8.18. The van der Waals surface area contributed by atoms with Gasteiger partial charge in [-0.15, -0.1) is 12.6 Å². The van der Waals surface area contributed by atoms with Gasteiger partial charge in [-0.25, -0.2) is 0 Å². The van der Waals surface area contributed by atoms with E-state index in [0.29, 0.717) is 0 Å². The van der Waals surface area contributed by atoms with Crippen molar-refractivity contribution in [2.45, 2.75) is 0 Å². The van der Waals surface area contributed by atoms with Crippen molar-refractivity contribution in [2.75, 3.05) is 0 Å². The zero-order valence-electron chi connectivity index (χ0n) is 3.59. The second-order valence-electron chi connectivity index (χ2n) is 0.824. The Labute approximate surface area is 53.2 Å². The minimum absolute atomic E-state index is 0.255. The minimum Gasteiger partial charge on any atom is -0.376 e. The van der Waals surface area contributed by atoms with Gasteiger partial charge in [-0.1, -0.05) is 0 Å². The molecule has 3 N–H and O–H groups in total. The molecule has 0 aromatic rings. The summed E-state index contributed by atoms with van der Waals surface area (Å²) in [6.07, 6.45) is 1.55. The predicted octanol–water partition coefficient (Wildman–Crippen LogP) is 0.221. The number of nitrogens with one attached hydrogen (secondary N) is 1. The van der Waals surface area contributed by atoms with E-state index in [0.717, 1.165) is 0 Å². The zero-order valence-corrected chi connectivity index (χ0v) is 5.30. The molecule has 0 saturated heterocycles. The lowest BCUT2D eigenvalue weighted by molar-refractivity contribution is 1.29. The average Bonchev–Trinajstić information content (AvgIpc) is 1.61. The summed E-state index contributed by atoms with van der Waals surface area (Å²) in [5.41, 5.74) is 5.01. The molecule has 0 rings (SSSR count). The number of thiol groups is 1. The van der Waals surface area contributed by atoms with Crippen LogP contribution in [0.15, 0.2) is 11.6 Å². The number of thiocarbonyl (C=S) groups is 1. The predicted molar refractivity (Wildman–Crippen MR) is 38.0 cm³/mol. The first-order chi connectivity index (χ1) is 3.27. The summed E-state index contributed by atoms with van der Waals surface area (Å²) < 4.78 is 0. The molecule has 0 aromatic heterocycles. The van der Waals surface area contributed by atoms with E-state index in [4.69, 9.17) is 5.73 Å². The smallest absolute Gasteiger partial charge is 0.167 e. The summed E-state index contributed by atoms with van der Waals surface area (Å²) in [4.78, 5) is 0. The Morgan fingerprint density at radius 2 is 2.43 bits per heavy atom. The van der Waals surface area contributed by atoms with E-state index >= 15 is 0 Å². The van der Waals surface area contributed by atoms with Crippen LogP contribution in [0.2, 0.25) is 0 Å². The molecule has 0 aliphatic heterocycles. The average molecular weight is 134 g/mol. The quantitative estimate of drug-likeness (QED) is 0.355. The highest BCUT2D eigenvalue weighted by molar-refractivity contribution is 7.83. The maximum atomic E-state index is 5.01. The van der Waals surface area contributed by atoms with E-state index in [-0.39, 0.29) is 5.11 Å². The molecule has 0 aliphatic carbocycles. The number of rotatable bonds is 1. The van der Waals surface area contributed by atoms with Crippen molar-refractivity contribution >= 4 is 30.0 Å². The van der Waals surface area contributed by atoms with E-state index in [1.165, 1.54) is 5.41 Å². The van der Waals surface area contributed by atoms with Crippen LogP contribution in [-0.2, 0) is 0 Å². The first-order valence-corrected chi connectivity index (χ1v) is 2.55. The molecule has 0 atom stereocenters. The fraction of sp³-hybridized carbons (Fsp3) is 0. The van der Waals surface area contributed by atoms with Crippen molar-refractivity contribution in [3.8, 4) is 0 Å². The van der Waals surface area contributed by atoms with Crippen molar-refractivity contribution in [1.82, 2.24) is 5.32 Å². The van der Waals surface area contributed by atoms with Crippen molar-refractivity contribution in [2.24, 2.45) is 5.73 Å². The molecule has 0 spiro atoms. The van der Waals surface area contributed by atoms with E-state index < -0.39 is 0 Å². The van der Waals surface area contributed by atoms with Crippen LogP contribution >= 0.6 is 24.8 Å². The number of hydrogen-bond donors (Lipinski definition) is 3. The standard InChI is InChI=1S/C3H6N2S2/c4-3(7)5-1-2-6/h1-2,6H,(H3,4,5,7). The van der Waals surface area contributed by atoms with Crippen LogP contribution in [0.1, 0.15) is 0 Å². The van der Waals surface area contributed by atoms with Crippen molar-refractivity contribution in [3.05, 3.63) is 11.6 Å². The second kappa shape index (κ2) is 3.95. The normalized spacial score (nSPS) is 9.29. The summed E-state index contributed by atoms with van der Waals surface area (Å²) in [5, 5.41) is 4.32. The highest BCUT2D eigenvalue weighted by Crippen LogP contribution is 1.69. The number of nitrogens with two attached hydrogens (primary N) is 1. The van der Waals surface area contributed by atoms with Crippen molar-refractivity contribution in [1.29, 1.82) is 0 Å². The molecule has 0 bridgehead atoms. The van der Waals surface area contributed by atoms with E-state index in [1.807, 2.05) is 0 Å². The molecule has 0 unspecified atom stereocenters. The minimum atomic E-state index is 0.255. The summed E-state index contributed by atoms with van der Waals surface area (Å²) in [6, 6.07) is 0. The fourth-order valence-electron chi connectivity index (χ4n) is 0.119. The third kappa shape index (κ3) is 5.78. The molecular formula is C3H6N2S2. The Morgan fingerprint density at radius 3 is 2.57 bits per heavy atom. The first kappa shape index (κ1) is 6.78. The van der Waals surface area contributed by atoms with Crippen LogP contribution in [0, 0.1) is 0 Å². The van der Waals surface area contributed by atoms with E-state index in [1.54, 1.807) is 6.20 Å². The first-order valence-electron chi connectivity index (χ1n) is 1.62. The third-order valence-electron chi connectivity index (χ3n) is 0.300. The van der Waals surface area contributed by atoms with Gasteiger partial charge in [-0.2, -0.15) is 0 Å². The lowest BCUT2D eigenvalue weighted by Crippen LogP contribution is -2.23. The van der Waals surface area contributed by atoms with Gasteiger partial charge in [-0.05, 0) is 17.6 Å². The Kier molecular flexibility index (Phi) is 3.83. The van der Waals surface area contributed by atoms with Gasteiger partial charge in [0.25, 0.3) is 0 Å². The Morgan fingerprint density at radius 1 is 1.86 bits per heavy atom. The van der Waals surface area contributed by atoms with Crippen LogP contribution in [0.25, 0.3) is 0 Å². The SMILES string of the molecule is NC(=S)NC=CS. The molecule has 0 aromatic carbocycles. The molecule has 0 aliphatic rings. The highest BCUT2D eigenvalue weighted by atomic mass is 32.1. The molecule has 7 heavy (non-hydrogen) atoms. The van der Waals surface area contributed by atoms with Crippen LogP contribution in [0.3, 0.4) is 0 Å². The lowest BCUT2D eigenvalue weighted by Gasteiger charge is -1.89. The van der Waals surface area contributed by atoms with Crippen LogP contribution in [-0.4, -0.2) is 5.11 Å². The fourth-order valence-corrected chi connectivity index (χ4v) is 0.262. The molecule has 0 saturated carbocycles. The Hall–Kier alpha value is -0.220. The van der Waals surface area contributed by atoms with Gasteiger partial charge in [0, 0.05) is 6.20 Å². The van der Waals surface area contributed by atoms with Gasteiger partial charge >= 0.3 is 0 Å². The summed E-state index contributed by atoms with van der Waals surface area (Å²) in [7, 11) is 0. The molecule has 4 heteroatoms. The monoisotopic (exact) mass is 134 g/mol. The maximum Gasteiger partial charge on any atom is 0.167 e. The van der Waals surface area contributed by atoms with Crippen LogP contribution < -0.4 is 11.1 Å². The van der Waals surface area contributed by atoms with E-state index in [2.05, 4.69) is 30.2 Å². The van der Waals surface area contributed by atoms with Gasteiger partial charge in [0.1, 0.15) is 0 Å². The van der Waals surface area contributed by atoms with Gasteiger partial charge in [0.05, 0.1) is 0 Å². The highest BCUT2D eigenvalue weighted by Gasteiger charge is 1.72. The van der Waals surface area contributed by atoms with Crippen LogP contribution in [0.4, 0.5) is 0 Å². The molecule has 0 heterocycles. The topological polar surface area (TPSA) is 38.0 Å². The van der Waals surface area contributed by atoms with Gasteiger partial charge in [0.15, 0.2) is 5.11 Å². The summed E-state index contributed by atoms with van der Waals surface area (Å²) in [6.45, 7) is 0. The second-order valence-corrected chi connectivity index (χ2v) is 1.56. The molecule has 40 valence electrons. The van der Waals surface area contributed by atoms with Crippen molar-refractivity contribution < 1.29 is 0 Å². The Bertz CT molecular complexity index is 88.9. The third-order valence-corrected chi connectivity index (χ3v) is 0.567. The molecular weight excluding hydrogens is 128 g/mol.